The molecule has 0 spiro atoms. The van der Waals surface area contributed by atoms with Crippen molar-refractivity contribution in [2.45, 2.75) is 51.9 Å². The van der Waals surface area contributed by atoms with Gasteiger partial charge in [0.2, 0.25) is 0 Å². The standard InChI is InChI=1S/C18H29NO2/c1-3-20-17-11-10-14(12-18(17)21-4-2)16-9-7-5-6-8-15(16)13-19/h10-12,15-16H,3-9,13,19H2,1-2H3. The van der Waals surface area contributed by atoms with Crippen molar-refractivity contribution in [1.82, 2.24) is 0 Å². The van der Waals surface area contributed by atoms with Crippen LogP contribution in [-0.4, -0.2) is 19.8 Å². The molecule has 2 N–H and O–H groups in total. The van der Waals surface area contributed by atoms with Crippen LogP contribution in [0.1, 0.15) is 57.4 Å². The molecule has 0 heterocycles. The van der Waals surface area contributed by atoms with Gasteiger partial charge in [0.1, 0.15) is 0 Å². The fourth-order valence-electron chi connectivity index (χ4n) is 3.40. The molecule has 0 radical (unpaired) electrons. The predicted molar refractivity (Wildman–Crippen MR) is 87.2 cm³/mol. The fourth-order valence-corrected chi connectivity index (χ4v) is 3.40. The van der Waals surface area contributed by atoms with E-state index in [1.165, 1.54) is 37.7 Å². The first-order valence-corrected chi connectivity index (χ1v) is 8.39. The van der Waals surface area contributed by atoms with E-state index in [2.05, 4.69) is 18.2 Å². The lowest BCUT2D eigenvalue weighted by atomic mass is 9.82. The normalized spacial score (nSPS) is 22.6. The van der Waals surface area contributed by atoms with Crippen molar-refractivity contribution in [1.29, 1.82) is 0 Å². The molecule has 0 aliphatic heterocycles. The van der Waals surface area contributed by atoms with Crippen molar-refractivity contribution >= 4 is 0 Å². The van der Waals surface area contributed by atoms with Crippen LogP contribution in [0.5, 0.6) is 11.5 Å². The second-order valence-corrected chi connectivity index (χ2v) is 5.81. The van der Waals surface area contributed by atoms with Crippen molar-refractivity contribution in [2.75, 3.05) is 19.8 Å². The highest BCUT2D eigenvalue weighted by Crippen LogP contribution is 2.39. The van der Waals surface area contributed by atoms with Crippen LogP contribution in [0.25, 0.3) is 0 Å². The largest absolute Gasteiger partial charge is 0.490 e. The molecular weight excluding hydrogens is 262 g/mol. The van der Waals surface area contributed by atoms with Gasteiger partial charge in [0, 0.05) is 0 Å². The summed E-state index contributed by atoms with van der Waals surface area (Å²) < 4.78 is 11.4. The molecule has 2 unspecified atom stereocenters. The molecular formula is C18H29NO2. The first-order valence-electron chi connectivity index (χ1n) is 8.39. The van der Waals surface area contributed by atoms with Gasteiger partial charge in [0.15, 0.2) is 11.5 Å². The Morgan fingerprint density at radius 1 is 1.00 bits per heavy atom. The lowest BCUT2D eigenvalue weighted by Crippen LogP contribution is -2.21. The fraction of sp³-hybridized carbons (Fsp3) is 0.667. The lowest BCUT2D eigenvalue weighted by molar-refractivity contribution is 0.286. The average molecular weight is 291 g/mol. The highest BCUT2D eigenvalue weighted by Gasteiger charge is 2.25. The Morgan fingerprint density at radius 2 is 1.71 bits per heavy atom. The molecule has 1 aliphatic rings. The summed E-state index contributed by atoms with van der Waals surface area (Å²) in [5.41, 5.74) is 7.38. The summed E-state index contributed by atoms with van der Waals surface area (Å²) >= 11 is 0. The second kappa shape index (κ2) is 8.28. The van der Waals surface area contributed by atoms with Gasteiger partial charge in [-0.25, -0.2) is 0 Å². The van der Waals surface area contributed by atoms with Gasteiger partial charge in [0.25, 0.3) is 0 Å². The molecule has 0 saturated heterocycles. The molecule has 0 aromatic heterocycles. The van der Waals surface area contributed by atoms with Crippen LogP contribution in [0.15, 0.2) is 18.2 Å². The lowest BCUT2D eigenvalue weighted by Gasteiger charge is -2.25. The molecule has 21 heavy (non-hydrogen) atoms. The van der Waals surface area contributed by atoms with Gasteiger partial charge < -0.3 is 15.2 Å². The van der Waals surface area contributed by atoms with Crippen LogP contribution >= 0.6 is 0 Å². The van der Waals surface area contributed by atoms with E-state index in [1.54, 1.807) is 0 Å². The minimum absolute atomic E-state index is 0.562. The SMILES string of the molecule is CCOc1ccc(C2CCCCCC2CN)cc1OCC. The summed E-state index contributed by atoms with van der Waals surface area (Å²) in [5, 5.41) is 0. The number of ether oxygens (including phenoxy) is 2. The molecule has 1 aromatic carbocycles. The summed E-state index contributed by atoms with van der Waals surface area (Å²) in [6.07, 6.45) is 6.44. The Labute approximate surface area is 128 Å². The maximum Gasteiger partial charge on any atom is 0.161 e. The number of nitrogens with two attached hydrogens (primary N) is 1. The van der Waals surface area contributed by atoms with Crippen molar-refractivity contribution < 1.29 is 9.47 Å². The molecule has 1 aliphatic carbocycles. The van der Waals surface area contributed by atoms with E-state index in [9.17, 15) is 0 Å². The van der Waals surface area contributed by atoms with Crippen LogP contribution in [0, 0.1) is 5.92 Å². The summed E-state index contributed by atoms with van der Waals surface area (Å²) in [6, 6.07) is 6.43. The van der Waals surface area contributed by atoms with Gasteiger partial charge in [-0.1, -0.05) is 25.3 Å². The smallest absolute Gasteiger partial charge is 0.161 e. The monoisotopic (exact) mass is 291 g/mol. The number of benzene rings is 1. The molecule has 0 bridgehead atoms. The van der Waals surface area contributed by atoms with E-state index in [0.717, 1.165) is 18.0 Å². The zero-order valence-corrected chi connectivity index (χ0v) is 13.4. The van der Waals surface area contributed by atoms with Gasteiger partial charge in [-0.05, 0) is 62.8 Å². The van der Waals surface area contributed by atoms with Crippen molar-refractivity contribution in [2.24, 2.45) is 11.7 Å². The molecule has 3 nitrogen and oxygen atoms in total. The number of hydrogen-bond acceptors (Lipinski definition) is 3. The Morgan fingerprint density at radius 3 is 2.43 bits per heavy atom. The molecule has 3 heteroatoms. The van der Waals surface area contributed by atoms with E-state index in [-0.39, 0.29) is 0 Å². The highest BCUT2D eigenvalue weighted by atomic mass is 16.5. The van der Waals surface area contributed by atoms with Gasteiger partial charge in [0.05, 0.1) is 13.2 Å². The van der Waals surface area contributed by atoms with E-state index in [4.69, 9.17) is 15.2 Å². The van der Waals surface area contributed by atoms with E-state index in [0.29, 0.717) is 25.0 Å². The van der Waals surface area contributed by atoms with E-state index in [1.807, 2.05) is 13.8 Å². The van der Waals surface area contributed by atoms with Gasteiger partial charge in [-0.3, -0.25) is 0 Å². The second-order valence-electron chi connectivity index (χ2n) is 5.81. The maximum atomic E-state index is 6.02. The van der Waals surface area contributed by atoms with Gasteiger partial charge >= 0.3 is 0 Å². The van der Waals surface area contributed by atoms with Crippen molar-refractivity contribution in [3.63, 3.8) is 0 Å². The summed E-state index contributed by atoms with van der Waals surface area (Å²) in [5.74, 6) is 2.88. The van der Waals surface area contributed by atoms with Crippen LogP contribution < -0.4 is 15.2 Å². The van der Waals surface area contributed by atoms with Crippen LogP contribution in [0.4, 0.5) is 0 Å². The third-order valence-corrected chi connectivity index (χ3v) is 4.46. The molecule has 1 fully saturated rings. The Hall–Kier alpha value is -1.22. The van der Waals surface area contributed by atoms with Crippen LogP contribution in [0.3, 0.4) is 0 Å². The Kier molecular flexibility index (Phi) is 6.37. The summed E-state index contributed by atoms with van der Waals surface area (Å²) in [4.78, 5) is 0. The maximum absolute atomic E-state index is 6.02. The molecule has 1 aromatic rings. The molecule has 0 amide bonds. The highest BCUT2D eigenvalue weighted by molar-refractivity contribution is 5.44. The number of hydrogen-bond donors (Lipinski definition) is 1. The Bertz CT molecular complexity index is 433. The first kappa shape index (κ1) is 16.2. The molecule has 118 valence electrons. The number of rotatable bonds is 6. The van der Waals surface area contributed by atoms with Crippen LogP contribution in [-0.2, 0) is 0 Å². The third kappa shape index (κ3) is 4.13. The minimum Gasteiger partial charge on any atom is -0.490 e. The van der Waals surface area contributed by atoms with Crippen molar-refractivity contribution in [3.05, 3.63) is 23.8 Å². The minimum atomic E-state index is 0.562. The quantitative estimate of drug-likeness (QED) is 0.802. The first-order chi connectivity index (χ1) is 10.3. The van der Waals surface area contributed by atoms with E-state index < -0.39 is 0 Å². The van der Waals surface area contributed by atoms with Gasteiger partial charge in [-0.2, -0.15) is 0 Å². The van der Waals surface area contributed by atoms with Crippen molar-refractivity contribution in [3.8, 4) is 11.5 Å². The summed E-state index contributed by atoms with van der Waals surface area (Å²) in [7, 11) is 0. The zero-order chi connectivity index (χ0) is 15.1. The summed E-state index contributed by atoms with van der Waals surface area (Å²) in [6.45, 7) is 6.11. The molecule has 2 atom stereocenters. The topological polar surface area (TPSA) is 44.5 Å². The molecule has 2 rings (SSSR count). The third-order valence-electron chi connectivity index (χ3n) is 4.46. The van der Waals surface area contributed by atoms with Crippen LogP contribution in [0.2, 0.25) is 0 Å². The average Bonchev–Trinajstić information content (AvgIpc) is 2.74. The molecule has 1 saturated carbocycles. The zero-order valence-electron chi connectivity index (χ0n) is 13.4. The Balaban J connectivity index is 2.26. The van der Waals surface area contributed by atoms with E-state index >= 15 is 0 Å². The van der Waals surface area contributed by atoms with Gasteiger partial charge in [-0.15, -0.1) is 0 Å². The predicted octanol–water partition coefficient (Wildman–Crippen LogP) is 4.11.